The quantitative estimate of drug-likeness (QED) is 0.492. The molecular formula is C11H14N4O3S. The van der Waals surface area contributed by atoms with E-state index in [-0.39, 0.29) is 16.4 Å². The Bertz CT molecular complexity index is 688. The topological polar surface area (TPSA) is 128 Å². The van der Waals surface area contributed by atoms with Crippen LogP contribution < -0.4 is 16.8 Å². The monoisotopic (exact) mass is 282 g/mol. The Morgan fingerprint density at radius 1 is 1.32 bits per heavy atom. The van der Waals surface area contributed by atoms with E-state index < -0.39 is 20.6 Å². The maximum absolute atomic E-state index is 12.2. The van der Waals surface area contributed by atoms with Crippen LogP contribution in [0.3, 0.4) is 0 Å². The molecule has 0 atom stereocenters. The number of carbonyl (C=O) groups excluding carboxylic acids is 1. The van der Waals surface area contributed by atoms with Crippen molar-refractivity contribution < 1.29 is 13.2 Å². The molecule has 0 aliphatic carbocycles. The van der Waals surface area contributed by atoms with Gasteiger partial charge >= 0.3 is 0 Å². The van der Waals surface area contributed by atoms with E-state index in [1.807, 2.05) is 0 Å². The van der Waals surface area contributed by atoms with Crippen LogP contribution in [0.1, 0.15) is 24.2 Å². The number of nitrogens with zero attached hydrogens (tertiary/aromatic N) is 1. The molecule has 0 aromatic heterocycles. The molecule has 8 heteroatoms. The molecule has 0 bridgehead atoms. The first-order valence-corrected chi connectivity index (χ1v) is 6.94. The van der Waals surface area contributed by atoms with Gasteiger partial charge < -0.3 is 16.8 Å². The number of aliphatic imine (C=N–C) groups is 1. The Balaban J connectivity index is 2.55. The van der Waals surface area contributed by atoms with Crippen LogP contribution >= 0.6 is 0 Å². The van der Waals surface area contributed by atoms with Gasteiger partial charge in [-0.2, -0.15) is 4.99 Å². The molecule has 1 aliphatic heterocycles. The number of benzene rings is 1. The number of nitrogens with two attached hydrogens (primary N) is 2. The number of hydrogen-bond donors (Lipinski definition) is 3. The van der Waals surface area contributed by atoms with E-state index in [9.17, 15) is 13.2 Å². The molecule has 5 N–H and O–H groups in total. The fourth-order valence-electron chi connectivity index (χ4n) is 1.83. The molecular weight excluding hydrogens is 268 g/mol. The van der Waals surface area contributed by atoms with Crippen LogP contribution in [0, 0.1) is 0 Å². The van der Waals surface area contributed by atoms with Crippen LogP contribution in [0.15, 0.2) is 28.1 Å². The molecule has 1 heterocycles. The zero-order valence-electron chi connectivity index (χ0n) is 10.5. The lowest BCUT2D eigenvalue weighted by molar-refractivity contribution is 0.100. The van der Waals surface area contributed by atoms with Gasteiger partial charge in [0.1, 0.15) is 4.87 Å². The number of sulfone groups is 1. The van der Waals surface area contributed by atoms with Gasteiger partial charge in [-0.1, -0.05) is 0 Å². The predicted octanol–water partition coefficient (Wildman–Crippen LogP) is 0.0355. The maximum Gasteiger partial charge on any atom is 0.280 e. The highest BCUT2D eigenvalue weighted by atomic mass is 32.2. The van der Waals surface area contributed by atoms with E-state index in [4.69, 9.17) is 11.5 Å². The molecule has 0 fully saturated rings. The zero-order valence-corrected chi connectivity index (χ0v) is 11.3. The smallest absolute Gasteiger partial charge is 0.280 e. The SMILES string of the molecule is CC1(C)Nc2ccc(C(=O)N=C(N)N)cc2S1(=O)=O. The van der Waals surface area contributed by atoms with Crippen LogP contribution in [-0.4, -0.2) is 25.2 Å². The lowest BCUT2D eigenvalue weighted by Crippen LogP contribution is -2.33. The Kier molecular flexibility index (Phi) is 2.78. The standard InChI is InChI=1S/C11H14N4O3S/c1-11(2)15-7-4-3-6(9(16)14-10(12)13)5-8(7)19(11,17)18/h3-5,15H,1-2H3,(H4,12,13,14,16). The van der Waals surface area contributed by atoms with Crippen molar-refractivity contribution in [1.82, 2.24) is 0 Å². The highest BCUT2D eigenvalue weighted by molar-refractivity contribution is 7.93. The molecule has 1 aromatic carbocycles. The summed E-state index contributed by atoms with van der Waals surface area (Å²) in [5.41, 5.74) is 10.8. The highest BCUT2D eigenvalue weighted by Crippen LogP contribution is 2.39. The maximum atomic E-state index is 12.2. The first-order valence-electron chi connectivity index (χ1n) is 5.46. The Morgan fingerprint density at radius 2 is 1.95 bits per heavy atom. The summed E-state index contributed by atoms with van der Waals surface area (Å²) < 4.78 is 24.5. The third-order valence-electron chi connectivity index (χ3n) is 2.86. The minimum absolute atomic E-state index is 0.0779. The molecule has 0 unspecified atom stereocenters. The summed E-state index contributed by atoms with van der Waals surface area (Å²) in [6.45, 7) is 3.11. The molecule has 0 saturated carbocycles. The first kappa shape index (κ1) is 13.3. The molecule has 19 heavy (non-hydrogen) atoms. The molecule has 0 spiro atoms. The molecule has 2 rings (SSSR count). The highest BCUT2D eigenvalue weighted by Gasteiger charge is 2.43. The summed E-state index contributed by atoms with van der Waals surface area (Å²) in [7, 11) is -3.54. The van der Waals surface area contributed by atoms with Gasteiger partial charge in [0.25, 0.3) is 5.91 Å². The molecule has 7 nitrogen and oxygen atoms in total. The number of nitrogens with one attached hydrogen (secondary N) is 1. The molecule has 0 saturated heterocycles. The van der Waals surface area contributed by atoms with Gasteiger partial charge in [-0.15, -0.1) is 0 Å². The predicted molar refractivity (Wildman–Crippen MR) is 71.5 cm³/mol. The third kappa shape index (κ3) is 2.03. The molecule has 1 aliphatic rings. The number of rotatable bonds is 1. The van der Waals surface area contributed by atoms with Gasteiger partial charge in [0.05, 0.1) is 10.6 Å². The Hall–Kier alpha value is -2.09. The molecule has 1 aromatic rings. The number of fused-ring (bicyclic) bond motifs is 1. The van der Waals surface area contributed by atoms with E-state index in [0.717, 1.165) is 0 Å². The molecule has 102 valence electrons. The minimum atomic E-state index is -3.54. The summed E-state index contributed by atoms with van der Waals surface area (Å²) in [6, 6.07) is 4.27. The fraction of sp³-hybridized carbons (Fsp3) is 0.273. The zero-order chi connectivity index (χ0) is 14.4. The van der Waals surface area contributed by atoms with Gasteiger partial charge in [0.15, 0.2) is 5.96 Å². The van der Waals surface area contributed by atoms with Crippen LogP contribution in [0.25, 0.3) is 0 Å². The van der Waals surface area contributed by atoms with Crippen molar-refractivity contribution in [2.24, 2.45) is 16.5 Å². The number of carbonyl (C=O) groups is 1. The second-order valence-electron chi connectivity index (χ2n) is 4.69. The van der Waals surface area contributed by atoms with Crippen molar-refractivity contribution >= 4 is 27.4 Å². The van der Waals surface area contributed by atoms with Gasteiger partial charge in [0, 0.05) is 5.56 Å². The van der Waals surface area contributed by atoms with Crippen LogP contribution in [0.2, 0.25) is 0 Å². The number of hydrogen-bond acceptors (Lipinski definition) is 4. The van der Waals surface area contributed by atoms with Crippen LogP contribution in [0.5, 0.6) is 0 Å². The van der Waals surface area contributed by atoms with Gasteiger partial charge in [0.2, 0.25) is 9.84 Å². The number of amides is 1. The Labute approximate surface area is 110 Å². The van der Waals surface area contributed by atoms with Gasteiger partial charge in [-0.25, -0.2) is 8.42 Å². The van der Waals surface area contributed by atoms with Gasteiger partial charge in [-0.05, 0) is 32.0 Å². The average Bonchev–Trinajstić information content (AvgIpc) is 2.44. The fourth-order valence-corrected chi connectivity index (χ4v) is 3.31. The number of guanidine groups is 1. The largest absolute Gasteiger partial charge is 0.370 e. The Morgan fingerprint density at radius 3 is 2.53 bits per heavy atom. The second-order valence-corrected chi connectivity index (χ2v) is 7.16. The van der Waals surface area contributed by atoms with Crippen LogP contribution in [0.4, 0.5) is 5.69 Å². The summed E-state index contributed by atoms with van der Waals surface area (Å²) in [5.74, 6) is -1.05. The van der Waals surface area contributed by atoms with Crippen molar-refractivity contribution in [2.75, 3.05) is 5.32 Å². The number of anilines is 1. The summed E-state index contributed by atoms with van der Waals surface area (Å²) in [4.78, 5) is 14.0. The van der Waals surface area contributed by atoms with Crippen molar-refractivity contribution in [3.8, 4) is 0 Å². The van der Waals surface area contributed by atoms with Crippen molar-refractivity contribution in [1.29, 1.82) is 0 Å². The van der Waals surface area contributed by atoms with E-state index in [0.29, 0.717) is 5.69 Å². The van der Waals surface area contributed by atoms with Crippen molar-refractivity contribution in [3.05, 3.63) is 23.8 Å². The first-order chi connectivity index (χ1) is 8.65. The summed E-state index contributed by atoms with van der Waals surface area (Å²) in [6.07, 6.45) is 0. The minimum Gasteiger partial charge on any atom is -0.370 e. The molecule has 0 radical (unpaired) electrons. The third-order valence-corrected chi connectivity index (χ3v) is 5.22. The average molecular weight is 282 g/mol. The van der Waals surface area contributed by atoms with E-state index in [1.54, 1.807) is 13.8 Å². The second kappa shape index (κ2) is 3.95. The van der Waals surface area contributed by atoms with Gasteiger partial charge in [-0.3, -0.25) is 4.79 Å². The van der Waals surface area contributed by atoms with E-state index in [2.05, 4.69) is 10.3 Å². The summed E-state index contributed by atoms with van der Waals surface area (Å²) in [5, 5.41) is 2.89. The lowest BCUT2D eigenvalue weighted by Gasteiger charge is -2.17. The van der Waals surface area contributed by atoms with Crippen molar-refractivity contribution in [3.63, 3.8) is 0 Å². The lowest BCUT2D eigenvalue weighted by atomic mass is 10.2. The van der Waals surface area contributed by atoms with Crippen LogP contribution in [-0.2, 0) is 9.84 Å². The molecule has 1 amide bonds. The van der Waals surface area contributed by atoms with Crippen molar-refractivity contribution in [2.45, 2.75) is 23.6 Å². The summed E-state index contributed by atoms with van der Waals surface area (Å²) >= 11 is 0. The normalized spacial score (nSPS) is 18.2. The van der Waals surface area contributed by atoms with E-state index >= 15 is 0 Å². The van der Waals surface area contributed by atoms with E-state index in [1.165, 1.54) is 18.2 Å².